The fraction of sp³-hybridized carbons (Fsp3) is 0.571. The van der Waals surface area contributed by atoms with Crippen LogP contribution in [0.25, 0.3) is 0 Å². The van der Waals surface area contributed by atoms with Gasteiger partial charge >= 0.3 is 0 Å². The molecule has 0 saturated carbocycles. The number of rotatable bonds is 3. The van der Waals surface area contributed by atoms with Crippen LogP contribution in [0.1, 0.15) is 30.1 Å². The molecule has 0 amide bonds. The molecule has 0 spiro atoms. The van der Waals surface area contributed by atoms with Gasteiger partial charge in [0.15, 0.2) is 0 Å². The van der Waals surface area contributed by atoms with Crippen molar-refractivity contribution in [3.8, 4) is 0 Å². The first-order valence-electron chi connectivity index (χ1n) is 6.09. The highest BCUT2D eigenvalue weighted by atomic mass is 16.3. The van der Waals surface area contributed by atoms with Crippen LogP contribution in [0.15, 0.2) is 24.3 Å². The molecule has 1 aromatic carbocycles. The maximum absolute atomic E-state index is 10.2. The number of hydrogen-bond donors (Lipinski definition) is 1. The molecule has 2 nitrogen and oxygen atoms in total. The number of aryl methyl sites for hydroxylation is 1. The highest BCUT2D eigenvalue weighted by Gasteiger charge is 2.23. The number of aliphatic hydroxyl groups is 1. The van der Waals surface area contributed by atoms with Crippen LogP contribution in [-0.2, 0) is 0 Å². The van der Waals surface area contributed by atoms with Gasteiger partial charge in [0, 0.05) is 6.54 Å². The maximum atomic E-state index is 10.2. The molecule has 1 fully saturated rings. The van der Waals surface area contributed by atoms with Gasteiger partial charge in [0.25, 0.3) is 0 Å². The Morgan fingerprint density at radius 1 is 1.44 bits per heavy atom. The van der Waals surface area contributed by atoms with Crippen LogP contribution >= 0.6 is 0 Å². The molecule has 1 aromatic rings. The SMILES string of the molecule is Cc1ccccc1C(O)CC1CCN(C)C1. The molecule has 0 aliphatic carbocycles. The van der Waals surface area contributed by atoms with E-state index in [2.05, 4.69) is 24.9 Å². The summed E-state index contributed by atoms with van der Waals surface area (Å²) in [6.45, 7) is 4.37. The van der Waals surface area contributed by atoms with E-state index in [0.717, 1.165) is 18.5 Å². The van der Waals surface area contributed by atoms with Crippen LogP contribution in [-0.4, -0.2) is 30.1 Å². The van der Waals surface area contributed by atoms with Gasteiger partial charge in [-0.05, 0) is 50.4 Å². The normalized spacial score (nSPS) is 23.6. The van der Waals surface area contributed by atoms with E-state index < -0.39 is 0 Å². The van der Waals surface area contributed by atoms with Gasteiger partial charge in [-0.25, -0.2) is 0 Å². The standard InChI is InChI=1S/C14H21NO/c1-11-5-3-4-6-13(11)14(16)9-12-7-8-15(2)10-12/h3-6,12,14,16H,7-10H2,1-2H3. The zero-order valence-corrected chi connectivity index (χ0v) is 10.2. The molecule has 16 heavy (non-hydrogen) atoms. The molecule has 88 valence electrons. The second kappa shape index (κ2) is 4.98. The summed E-state index contributed by atoms with van der Waals surface area (Å²) in [5, 5.41) is 10.2. The van der Waals surface area contributed by atoms with Crippen molar-refractivity contribution in [3.63, 3.8) is 0 Å². The third-order valence-electron chi connectivity index (χ3n) is 3.59. The number of likely N-dealkylation sites (tertiary alicyclic amines) is 1. The zero-order valence-electron chi connectivity index (χ0n) is 10.2. The van der Waals surface area contributed by atoms with Crippen LogP contribution in [0.3, 0.4) is 0 Å². The third-order valence-corrected chi connectivity index (χ3v) is 3.59. The number of hydrogen-bond acceptors (Lipinski definition) is 2. The van der Waals surface area contributed by atoms with E-state index in [0.29, 0.717) is 5.92 Å². The summed E-state index contributed by atoms with van der Waals surface area (Å²) in [6, 6.07) is 8.14. The molecule has 0 bridgehead atoms. The van der Waals surface area contributed by atoms with Crippen molar-refractivity contribution in [2.75, 3.05) is 20.1 Å². The summed E-state index contributed by atoms with van der Waals surface area (Å²) in [6.07, 6.45) is 1.83. The number of nitrogens with zero attached hydrogens (tertiary/aromatic N) is 1. The van der Waals surface area contributed by atoms with Crippen molar-refractivity contribution in [2.45, 2.75) is 25.9 Å². The van der Waals surface area contributed by atoms with Crippen LogP contribution in [0.2, 0.25) is 0 Å². The number of benzene rings is 1. The predicted molar refractivity (Wildman–Crippen MR) is 66.4 cm³/mol. The molecule has 2 rings (SSSR count). The minimum absolute atomic E-state index is 0.294. The van der Waals surface area contributed by atoms with Crippen LogP contribution < -0.4 is 0 Å². The quantitative estimate of drug-likeness (QED) is 0.843. The Morgan fingerprint density at radius 2 is 2.19 bits per heavy atom. The highest BCUT2D eigenvalue weighted by Crippen LogP contribution is 2.28. The van der Waals surface area contributed by atoms with Gasteiger partial charge in [-0.15, -0.1) is 0 Å². The van der Waals surface area contributed by atoms with Crippen molar-refractivity contribution in [1.82, 2.24) is 4.90 Å². The lowest BCUT2D eigenvalue weighted by Gasteiger charge is -2.17. The topological polar surface area (TPSA) is 23.5 Å². The van der Waals surface area contributed by atoms with Crippen LogP contribution in [0, 0.1) is 12.8 Å². The fourth-order valence-electron chi connectivity index (χ4n) is 2.62. The minimum Gasteiger partial charge on any atom is -0.388 e. The Morgan fingerprint density at radius 3 is 2.81 bits per heavy atom. The summed E-state index contributed by atoms with van der Waals surface area (Å²) >= 11 is 0. The summed E-state index contributed by atoms with van der Waals surface area (Å²) in [7, 11) is 2.15. The van der Waals surface area contributed by atoms with Gasteiger partial charge in [0.05, 0.1) is 6.10 Å². The molecule has 1 aliphatic rings. The van der Waals surface area contributed by atoms with Gasteiger partial charge < -0.3 is 10.0 Å². The first kappa shape index (κ1) is 11.6. The smallest absolute Gasteiger partial charge is 0.0795 e. The van der Waals surface area contributed by atoms with E-state index in [4.69, 9.17) is 0 Å². The molecular weight excluding hydrogens is 198 g/mol. The van der Waals surface area contributed by atoms with E-state index in [1.807, 2.05) is 18.2 Å². The van der Waals surface area contributed by atoms with Crippen molar-refractivity contribution < 1.29 is 5.11 Å². The van der Waals surface area contributed by atoms with Crippen LogP contribution in [0.4, 0.5) is 0 Å². The van der Waals surface area contributed by atoms with Gasteiger partial charge in [-0.1, -0.05) is 24.3 Å². The Labute approximate surface area is 97.9 Å². The van der Waals surface area contributed by atoms with Crippen molar-refractivity contribution in [3.05, 3.63) is 35.4 Å². The molecule has 1 N–H and O–H groups in total. The van der Waals surface area contributed by atoms with E-state index in [-0.39, 0.29) is 6.10 Å². The van der Waals surface area contributed by atoms with E-state index >= 15 is 0 Å². The molecule has 2 heteroatoms. The monoisotopic (exact) mass is 219 g/mol. The minimum atomic E-state index is -0.294. The lowest BCUT2D eigenvalue weighted by molar-refractivity contribution is 0.144. The zero-order chi connectivity index (χ0) is 11.5. The fourth-order valence-corrected chi connectivity index (χ4v) is 2.62. The molecule has 1 heterocycles. The lowest BCUT2D eigenvalue weighted by atomic mass is 9.94. The maximum Gasteiger partial charge on any atom is 0.0795 e. The van der Waals surface area contributed by atoms with E-state index in [9.17, 15) is 5.11 Å². The average molecular weight is 219 g/mol. The van der Waals surface area contributed by atoms with E-state index in [1.165, 1.54) is 18.5 Å². The van der Waals surface area contributed by atoms with Gasteiger partial charge in [0.2, 0.25) is 0 Å². The van der Waals surface area contributed by atoms with E-state index in [1.54, 1.807) is 0 Å². The first-order valence-corrected chi connectivity index (χ1v) is 6.09. The second-order valence-electron chi connectivity index (χ2n) is 5.03. The van der Waals surface area contributed by atoms with Crippen molar-refractivity contribution in [1.29, 1.82) is 0 Å². The molecular formula is C14H21NO. The molecule has 0 aromatic heterocycles. The molecule has 0 radical (unpaired) electrons. The Hall–Kier alpha value is -0.860. The highest BCUT2D eigenvalue weighted by molar-refractivity contribution is 5.27. The molecule has 2 atom stereocenters. The first-order chi connectivity index (χ1) is 7.66. The van der Waals surface area contributed by atoms with Crippen molar-refractivity contribution >= 4 is 0 Å². The number of aliphatic hydroxyl groups excluding tert-OH is 1. The Balaban J connectivity index is 1.98. The molecule has 1 saturated heterocycles. The summed E-state index contributed by atoms with van der Waals surface area (Å²) in [4.78, 5) is 2.34. The van der Waals surface area contributed by atoms with Crippen molar-refractivity contribution in [2.24, 2.45) is 5.92 Å². The summed E-state index contributed by atoms with van der Waals surface area (Å²) in [5.41, 5.74) is 2.29. The Bertz CT molecular complexity index is 350. The Kier molecular flexibility index (Phi) is 3.62. The average Bonchev–Trinajstić information content (AvgIpc) is 2.64. The predicted octanol–water partition coefficient (Wildman–Crippen LogP) is 2.37. The van der Waals surface area contributed by atoms with Gasteiger partial charge in [-0.3, -0.25) is 0 Å². The second-order valence-corrected chi connectivity index (χ2v) is 5.03. The largest absolute Gasteiger partial charge is 0.388 e. The lowest BCUT2D eigenvalue weighted by Crippen LogP contribution is -2.15. The summed E-state index contributed by atoms with van der Waals surface area (Å²) < 4.78 is 0. The summed E-state index contributed by atoms with van der Waals surface area (Å²) in [5.74, 6) is 0.652. The molecule has 2 unspecified atom stereocenters. The van der Waals surface area contributed by atoms with Gasteiger partial charge in [-0.2, -0.15) is 0 Å². The van der Waals surface area contributed by atoms with Gasteiger partial charge in [0.1, 0.15) is 0 Å². The molecule has 1 aliphatic heterocycles. The van der Waals surface area contributed by atoms with Crippen LogP contribution in [0.5, 0.6) is 0 Å². The third kappa shape index (κ3) is 2.63.